The summed E-state index contributed by atoms with van der Waals surface area (Å²) in [6.07, 6.45) is 5.08. The highest BCUT2D eigenvalue weighted by Crippen LogP contribution is 2.31. The minimum atomic E-state index is -3.42. The Morgan fingerprint density at radius 1 is 1.59 bits per heavy atom. The SMILES string of the molecule is CCn1cnc(S(=O)(=O)N(CCBr)C2CC2)c1. The van der Waals surface area contributed by atoms with Crippen LogP contribution in [0.15, 0.2) is 17.6 Å². The molecule has 1 aromatic heterocycles. The second-order valence-electron chi connectivity index (χ2n) is 4.08. The first-order valence-corrected chi connectivity index (χ1v) is 8.25. The van der Waals surface area contributed by atoms with Crippen molar-refractivity contribution in [3.05, 3.63) is 12.5 Å². The summed E-state index contributed by atoms with van der Waals surface area (Å²) in [6.45, 7) is 3.19. The summed E-state index contributed by atoms with van der Waals surface area (Å²) in [7, 11) is -3.42. The van der Waals surface area contributed by atoms with Crippen LogP contribution in [0.25, 0.3) is 0 Å². The summed E-state index contributed by atoms with van der Waals surface area (Å²) in [6, 6.07) is 0.171. The van der Waals surface area contributed by atoms with Gasteiger partial charge in [-0.25, -0.2) is 13.4 Å². The highest BCUT2D eigenvalue weighted by Gasteiger charge is 2.38. The van der Waals surface area contributed by atoms with Crippen LogP contribution in [0.4, 0.5) is 0 Å². The molecule has 1 aliphatic carbocycles. The Bertz CT molecular complexity index is 481. The number of imidazole rings is 1. The van der Waals surface area contributed by atoms with Crippen molar-refractivity contribution >= 4 is 26.0 Å². The molecule has 1 aromatic rings. The molecular formula is C10H16BrN3O2S. The van der Waals surface area contributed by atoms with Gasteiger partial charge in [-0.3, -0.25) is 0 Å². The summed E-state index contributed by atoms with van der Waals surface area (Å²) >= 11 is 3.30. The van der Waals surface area contributed by atoms with Crippen molar-refractivity contribution in [2.45, 2.75) is 37.4 Å². The smallest absolute Gasteiger partial charge is 0.262 e. The molecule has 0 N–H and O–H groups in total. The first-order chi connectivity index (χ1) is 8.09. The van der Waals surface area contributed by atoms with Crippen LogP contribution in [0.3, 0.4) is 0 Å². The minimum Gasteiger partial charge on any atom is -0.336 e. The highest BCUT2D eigenvalue weighted by atomic mass is 79.9. The zero-order valence-corrected chi connectivity index (χ0v) is 12.1. The molecule has 0 atom stereocenters. The number of aromatic nitrogens is 2. The van der Waals surface area contributed by atoms with E-state index in [1.54, 1.807) is 21.4 Å². The van der Waals surface area contributed by atoms with Crippen LogP contribution < -0.4 is 0 Å². The zero-order chi connectivity index (χ0) is 12.5. The third kappa shape index (κ3) is 2.71. The quantitative estimate of drug-likeness (QED) is 0.745. The first-order valence-electron chi connectivity index (χ1n) is 5.69. The third-order valence-corrected chi connectivity index (χ3v) is 5.00. The number of rotatable bonds is 6. The average Bonchev–Trinajstić information content (AvgIpc) is 3.01. The summed E-state index contributed by atoms with van der Waals surface area (Å²) < 4.78 is 28.1. The first kappa shape index (κ1) is 13.0. The molecule has 0 aliphatic heterocycles. The predicted molar refractivity (Wildman–Crippen MR) is 68.6 cm³/mol. The standard InChI is InChI=1S/C10H16BrN3O2S/c1-2-13-7-10(12-8-13)17(15,16)14(6-5-11)9-3-4-9/h7-9H,2-6H2,1H3. The van der Waals surface area contributed by atoms with E-state index >= 15 is 0 Å². The molecule has 0 unspecified atom stereocenters. The Labute approximate surface area is 110 Å². The second kappa shape index (κ2) is 5.07. The van der Waals surface area contributed by atoms with Gasteiger partial charge in [0.05, 0.1) is 6.33 Å². The van der Waals surface area contributed by atoms with Crippen molar-refractivity contribution in [2.75, 3.05) is 11.9 Å². The second-order valence-corrected chi connectivity index (χ2v) is 6.71. The molecule has 1 aliphatic rings. The van der Waals surface area contributed by atoms with Gasteiger partial charge in [0.2, 0.25) is 0 Å². The molecule has 5 nitrogen and oxygen atoms in total. The number of nitrogens with zero attached hydrogens (tertiary/aromatic N) is 3. The van der Waals surface area contributed by atoms with E-state index in [4.69, 9.17) is 0 Å². The van der Waals surface area contributed by atoms with Crippen molar-refractivity contribution in [3.63, 3.8) is 0 Å². The van der Waals surface area contributed by atoms with E-state index in [2.05, 4.69) is 20.9 Å². The number of sulfonamides is 1. The fourth-order valence-electron chi connectivity index (χ4n) is 1.71. The van der Waals surface area contributed by atoms with Gasteiger partial charge in [0.15, 0.2) is 5.03 Å². The minimum absolute atomic E-state index is 0.159. The Hall–Kier alpha value is -0.400. The lowest BCUT2D eigenvalue weighted by atomic mass is 10.6. The van der Waals surface area contributed by atoms with Gasteiger partial charge in [-0.2, -0.15) is 4.31 Å². The highest BCUT2D eigenvalue weighted by molar-refractivity contribution is 9.09. The maximum absolute atomic E-state index is 12.4. The molecule has 1 fully saturated rings. The fourth-order valence-corrected chi connectivity index (χ4v) is 3.95. The van der Waals surface area contributed by atoms with Gasteiger partial charge in [-0.15, -0.1) is 0 Å². The summed E-state index contributed by atoms with van der Waals surface area (Å²) in [5, 5.41) is 0.809. The molecule has 0 saturated heterocycles. The molecule has 0 radical (unpaired) electrons. The Balaban J connectivity index is 2.26. The van der Waals surface area contributed by atoms with Crippen LogP contribution in [0, 0.1) is 0 Å². The Morgan fingerprint density at radius 2 is 2.29 bits per heavy atom. The van der Waals surface area contributed by atoms with Crippen LogP contribution >= 0.6 is 15.9 Å². The van der Waals surface area contributed by atoms with Gasteiger partial charge in [-0.1, -0.05) is 15.9 Å². The molecule has 7 heteroatoms. The summed E-state index contributed by atoms with van der Waals surface area (Å²) in [5.41, 5.74) is 0. The van der Waals surface area contributed by atoms with Crippen molar-refractivity contribution in [1.29, 1.82) is 0 Å². The lowest BCUT2D eigenvalue weighted by molar-refractivity contribution is 0.422. The van der Waals surface area contributed by atoms with Crippen LogP contribution in [-0.4, -0.2) is 40.2 Å². The Morgan fingerprint density at radius 3 is 2.76 bits per heavy atom. The normalized spacial score (nSPS) is 16.6. The fraction of sp³-hybridized carbons (Fsp3) is 0.700. The van der Waals surface area contributed by atoms with Gasteiger partial charge in [-0.05, 0) is 19.8 Å². The molecule has 1 heterocycles. The maximum atomic E-state index is 12.4. The van der Waals surface area contributed by atoms with Gasteiger partial charge in [0, 0.05) is 30.7 Å². The van der Waals surface area contributed by atoms with Crippen LogP contribution in [0.1, 0.15) is 19.8 Å². The van der Waals surface area contributed by atoms with E-state index in [-0.39, 0.29) is 11.1 Å². The molecule has 17 heavy (non-hydrogen) atoms. The van der Waals surface area contributed by atoms with E-state index in [1.165, 1.54) is 0 Å². The van der Waals surface area contributed by atoms with Crippen LogP contribution in [0.2, 0.25) is 0 Å². The maximum Gasteiger partial charge on any atom is 0.262 e. The number of hydrogen-bond donors (Lipinski definition) is 0. The van der Waals surface area contributed by atoms with Crippen molar-refractivity contribution in [2.24, 2.45) is 0 Å². The summed E-state index contributed by atoms with van der Waals surface area (Å²) in [4.78, 5) is 3.99. The van der Waals surface area contributed by atoms with Gasteiger partial charge >= 0.3 is 0 Å². The molecule has 0 aromatic carbocycles. The number of hydrogen-bond acceptors (Lipinski definition) is 3. The third-order valence-electron chi connectivity index (χ3n) is 2.81. The topological polar surface area (TPSA) is 55.2 Å². The zero-order valence-electron chi connectivity index (χ0n) is 9.71. The lowest BCUT2D eigenvalue weighted by Crippen LogP contribution is -2.34. The Kier molecular flexibility index (Phi) is 3.89. The molecule has 0 bridgehead atoms. The van der Waals surface area contributed by atoms with E-state index in [1.807, 2.05) is 6.92 Å². The van der Waals surface area contributed by atoms with Crippen molar-refractivity contribution in [1.82, 2.24) is 13.9 Å². The number of alkyl halides is 1. The number of aryl methyl sites for hydroxylation is 1. The summed E-state index contributed by atoms with van der Waals surface area (Å²) in [5.74, 6) is 0. The van der Waals surface area contributed by atoms with Crippen molar-refractivity contribution < 1.29 is 8.42 Å². The molecule has 2 rings (SSSR count). The molecule has 96 valence electrons. The number of halogens is 1. The average molecular weight is 322 g/mol. The van der Waals surface area contributed by atoms with E-state index < -0.39 is 10.0 Å². The predicted octanol–water partition coefficient (Wildman–Crippen LogP) is 1.45. The largest absolute Gasteiger partial charge is 0.336 e. The molecule has 0 amide bonds. The van der Waals surface area contributed by atoms with E-state index in [0.29, 0.717) is 11.9 Å². The molecule has 1 saturated carbocycles. The van der Waals surface area contributed by atoms with Gasteiger partial charge < -0.3 is 4.57 Å². The van der Waals surface area contributed by atoms with Gasteiger partial charge in [0.1, 0.15) is 0 Å². The van der Waals surface area contributed by atoms with Crippen LogP contribution in [-0.2, 0) is 16.6 Å². The monoisotopic (exact) mass is 321 g/mol. The molecular weight excluding hydrogens is 306 g/mol. The molecule has 0 spiro atoms. The van der Waals surface area contributed by atoms with E-state index in [9.17, 15) is 8.42 Å². The van der Waals surface area contributed by atoms with Crippen LogP contribution in [0.5, 0.6) is 0 Å². The van der Waals surface area contributed by atoms with E-state index in [0.717, 1.165) is 19.4 Å². The lowest BCUT2D eigenvalue weighted by Gasteiger charge is -2.19. The van der Waals surface area contributed by atoms with Gasteiger partial charge in [0.25, 0.3) is 10.0 Å². The van der Waals surface area contributed by atoms with Crippen molar-refractivity contribution in [3.8, 4) is 0 Å².